The fourth-order valence-corrected chi connectivity index (χ4v) is 3.68. The number of aromatic nitrogens is 3. The van der Waals surface area contributed by atoms with Crippen LogP contribution in [0.4, 0.5) is 4.39 Å². The van der Waals surface area contributed by atoms with E-state index in [-0.39, 0.29) is 34.5 Å². The minimum absolute atomic E-state index is 0.0158. The molecule has 7 nitrogen and oxygen atoms in total. The van der Waals surface area contributed by atoms with Crippen molar-refractivity contribution in [3.8, 4) is 0 Å². The number of carbonyl (C=O) groups excluding carboxylic acids is 1. The van der Waals surface area contributed by atoms with Crippen LogP contribution in [-0.4, -0.2) is 31.0 Å². The van der Waals surface area contributed by atoms with Crippen molar-refractivity contribution in [2.45, 2.75) is 31.8 Å². The van der Waals surface area contributed by atoms with Crippen molar-refractivity contribution < 1.29 is 9.18 Å². The third-order valence-electron chi connectivity index (χ3n) is 5.47. The molecule has 1 atom stereocenters. The molecule has 0 radical (unpaired) electrons. The number of hydrogen-bond donors (Lipinski definition) is 0. The number of amides is 1. The van der Waals surface area contributed by atoms with E-state index in [1.54, 1.807) is 30.0 Å². The Labute approximate surface area is 166 Å². The lowest BCUT2D eigenvalue weighted by Crippen LogP contribution is -2.38. The molecular formula is C21H21FN4O3. The Morgan fingerprint density at radius 3 is 2.48 bits per heavy atom. The van der Waals surface area contributed by atoms with Crippen LogP contribution in [0.2, 0.25) is 0 Å². The second-order valence-corrected chi connectivity index (χ2v) is 7.41. The smallest absolute Gasteiger partial charge is 0.327 e. The van der Waals surface area contributed by atoms with Crippen LogP contribution >= 0.6 is 0 Å². The lowest BCUT2D eigenvalue weighted by molar-refractivity contribution is 0.0665. The fraction of sp³-hybridized carbons (Fsp3) is 0.333. The molecule has 2 heterocycles. The Balaban J connectivity index is 1.80. The van der Waals surface area contributed by atoms with E-state index in [2.05, 4.69) is 4.98 Å². The monoisotopic (exact) mass is 396 g/mol. The largest absolute Gasteiger partial charge is 0.332 e. The average molecular weight is 396 g/mol. The molecule has 3 aromatic rings. The van der Waals surface area contributed by atoms with Gasteiger partial charge >= 0.3 is 5.69 Å². The summed E-state index contributed by atoms with van der Waals surface area (Å²) >= 11 is 0. The van der Waals surface area contributed by atoms with Gasteiger partial charge in [-0.15, -0.1) is 0 Å². The van der Waals surface area contributed by atoms with Gasteiger partial charge in [-0.1, -0.05) is 18.2 Å². The molecule has 150 valence electrons. The Kier molecular flexibility index (Phi) is 4.56. The zero-order chi connectivity index (χ0) is 20.9. The van der Waals surface area contributed by atoms with E-state index in [4.69, 9.17) is 0 Å². The first-order valence-electron chi connectivity index (χ1n) is 9.45. The van der Waals surface area contributed by atoms with Crippen molar-refractivity contribution in [1.82, 2.24) is 19.0 Å². The molecular weight excluding hydrogens is 375 g/mol. The SMILES string of the molecule is CC(c1ccccc1F)N(C(=O)c1ccc2c(=O)n(C)c(=O)n(C)c2n1)C1CC1. The van der Waals surface area contributed by atoms with Crippen molar-refractivity contribution in [2.75, 3.05) is 0 Å². The molecule has 0 N–H and O–H groups in total. The van der Waals surface area contributed by atoms with E-state index in [1.165, 1.54) is 36.9 Å². The summed E-state index contributed by atoms with van der Waals surface area (Å²) in [4.78, 5) is 43.8. The predicted octanol–water partition coefficient (Wildman–Crippen LogP) is 2.14. The number of fused-ring (bicyclic) bond motifs is 1. The number of pyridine rings is 1. The normalized spacial score (nSPS) is 14.8. The summed E-state index contributed by atoms with van der Waals surface area (Å²) in [6, 6.07) is 8.94. The highest BCUT2D eigenvalue weighted by Gasteiger charge is 2.38. The Hall–Kier alpha value is -3.29. The van der Waals surface area contributed by atoms with Crippen LogP contribution < -0.4 is 11.2 Å². The lowest BCUT2D eigenvalue weighted by atomic mass is 10.1. The van der Waals surface area contributed by atoms with Crippen LogP contribution in [0.15, 0.2) is 46.0 Å². The molecule has 1 aliphatic rings. The van der Waals surface area contributed by atoms with E-state index in [9.17, 15) is 18.8 Å². The van der Waals surface area contributed by atoms with Gasteiger partial charge in [0.05, 0.1) is 11.4 Å². The van der Waals surface area contributed by atoms with Crippen LogP contribution in [0.25, 0.3) is 11.0 Å². The summed E-state index contributed by atoms with van der Waals surface area (Å²) in [5, 5.41) is 0.256. The van der Waals surface area contributed by atoms with Crippen LogP contribution in [0.3, 0.4) is 0 Å². The van der Waals surface area contributed by atoms with Crippen molar-refractivity contribution in [2.24, 2.45) is 14.1 Å². The zero-order valence-corrected chi connectivity index (χ0v) is 16.4. The number of nitrogens with zero attached hydrogens (tertiary/aromatic N) is 4. The van der Waals surface area contributed by atoms with E-state index in [0.717, 1.165) is 17.4 Å². The molecule has 1 aromatic carbocycles. The van der Waals surface area contributed by atoms with E-state index < -0.39 is 17.3 Å². The standard InChI is InChI=1S/C21H21FN4O3/c1-12(14-6-4-5-7-16(14)22)26(13-8-9-13)20(28)17-11-10-15-18(23-17)24(2)21(29)25(3)19(15)27/h4-7,10-13H,8-9H2,1-3H3. The van der Waals surface area contributed by atoms with Gasteiger partial charge in [0, 0.05) is 25.7 Å². The van der Waals surface area contributed by atoms with E-state index in [0.29, 0.717) is 5.56 Å². The second kappa shape index (κ2) is 6.95. The topological polar surface area (TPSA) is 77.2 Å². The number of benzene rings is 1. The molecule has 0 spiro atoms. The summed E-state index contributed by atoms with van der Waals surface area (Å²) < 4.78 is 16.6. The third-order valence-corrected chi connectivity index (χ3v) is 5.47. The van der Waals surface area contributed by atoms with Gasteiger partial charge in [-0.3, -0.25) is 18.7 Å². The van der Waals surface area contributed by atoms with Gasteiger partial charge in [0.2, 0.25) is 0 Å². The molecule has 4 rings (SSSR count). The first-order chi connectivity index (χ1) is 13.8. The lowest BCUT2D eigenvalue weighted by Gasteiger charge is -2.29. The van der Waals surface area contributed by atoms with Gasteiger partial charge in [-0.05, 0) is 38.0 Å². The molecule has 2 aromatic heterocycles. The highest BCUT2D eigenvalue weighted by atomic mass is 19.1. The maximum absolute atomic E-state index is 14.3. The van der Waals surface area contributed by atoms with Crippen molar-refractivity contribution in [3.05, 3.63) is 74.3 Å². The maximum atomic E-state index is 14.3. The van der Waals surface area contributed by atoms with Gasteiger partial charge in [-0.25, -0.2) is 14.2 Å². The summed E-state index contributed by atoms with van der Waals surface area (Å²) in [5.41, 5.74) is -0.268. The minimum atomic E-state index is -0.515. The molecule has 1 amide bonds. The number of halogens is 1. The molecule has 1 unspecified atom stereocenters. The molecule has 29 heavy (non-hydrogen) atoms. The summed E-state index contributed by atoms with van der Waals surface area (Å²) in [6.45, 7) is 1.79. The second-order valence-electron chi connectivity index (χ2n) is 7.41. The Morgan fingerprint density at radius 2 is 1.83 bits per heavy atom. The highest BCUT2D eigenvalue weighted by molar-refractivity contribution is 5.95. The van der Waals surface area contributed by atoms with Crippen LogP contribution in [0.1, 0.15) is 41.9 Å². The summed E-state index contributed by atoms with van der Waals surface area (Å²) in [5.74, 6) is -0.714. The molecule has 8 heteroatoms. The first-order valence-corrected chi connectivity index (χ1v) is 9.45. The van der Waals surface area contributed by atoms with Gasteiger partial charge in [0.15, 0.2) is 0 Å². The average Bonchev–Trinajstić information content (AvgIpc) is 3.55. The Bertz CT molecular complexity index is 1240. The zero-order valence-electron chi connectivity index (χ0n) is 16.4. The molecule has 0 aliphatic heterocycles. The third kappa shape index (κ3) is 3.14. The molecule has 0 saturated heterocycles. The number of carbonyl (C=O) groups is 1. The molecule has 0 bridgehead atoms. The number of hydrogen-bond acceptors (Lipinski definition) is 4. The van der Waals surface area contributed by atoms with Gasteiger partial charge in [0.1, 0.15) is 17.2 Å². The Morgan fingerprint density at radius 1 is 1.14 bits per heavy atom. The van der Waals surface area contributed by atoms with Crippen molar-refractivity contribution in [3.63, 3.8) is 0 Å². The molecule has 1 aliphatic carbocycles. The quantitative estimate of drug-likeness (QED) is 0.677. The number of aryl methyl sites for hydroxylation is 1. The number of rotatable bonds is 4. The van der Waals surface area contributed by atoms with Crippen molar-refractivity contribution >= 4 is 16.9 Å². The van der Waals surface area contributed by atoms with Gasteiger partial charge < -0.3 is 4.90 Å². The van der Waals surface area contributed by atoms with E-state index >= 15 is 0 Å². The maximum Gasteiger partial charge on any atom is 0.332 e. The fourth-order valence-electron chi connectivity index (χ4n) is 3.68. The van der Waals surface area contributed by atoms with Gasteiger partial charge in [-0.2, -0.15) is 0 Å². The highest BCUT2D eigenvalue weighted by Crippen LogP contribution is 2.36. The van der Waals surface area contributed by atoms with Crippen LogP contribution in [0, 0.1) is 5.82 Å². The molecule has 1 saturated carbocycles. The van der Waals surface area contributed by atoms with E-state index in [1.807, 2.05) is 0 Å². The summed E-state index contributed by atoms with van der Waals surface area (Å²) in [6.07, 6.45) is 1.69. The minimum Gasteiger partial charge on any atom is -0.327 e. The first kappa shape index (κ1) is 19.0. The van der Waals surface area contributed by atoms with Crippen LogP contribution in [-0.2, 0) is 14.1 Å². The molecule has 1 fully saturated rings. The summed E-state index contributed by atoms with van der Waals surface area (Å²) in [7, 11) is 2.90. The van der Waals surface area contributed by atoms with Gasteiger partial charge in [0.25, 0.3) is 11.5 Å². The van der Waals surface area contributed by atoms with Crippen LogP contribution in [0.5, 0.6) is 0 Å². The predicted molar refractivity (Wildman–Crippen MR) is 106 cm³/mol. The van der Waals surface area contributed by atoms with Crippen molar-refractivity contribution in [1.29, 1.82) is 0 Å².